The lowest BCUT2D eigenvalue weighted by molar-refractivity contribution is -0.384. The quantitative estimate of drug-likeness (QED) is 0.112. The Balaban J connectivity index is 1.81. The summed E-state index contributed by atoms with van der Waals surface area (Å²) in [5.41, 5.74) is 0.394. The third-order valence-electron chi connectivity index (χ3n) is 4.82. The van der Waals surface area contributed by atoms with Gasteiger partial charge in [0.25, 0.3) is 11.6 Å². The van der Waals surface area contributed by atoms with Gasteiger partial charge in [-0.3, -0.25) is 14.9 Å². The van der Waals surface area contributed by atoms with Crippen LogP contribution in [0.15, 0.2) is 60.2 Å². The normalized spacial score (nSPS) is 10.9. The molecule has 0 aromatic heterocycles. The number of hydrogen-bond donors (Lipinski definition) is 2. The van der Waals surface area contributed by atoms with Crippen molar-refractivity contribution in [2.75, 3.05) is 11.9 Å². The minimum atomic E-state index is -0.812. The molecule has 0 unspecified atom stereocenters. The van der Waals surface area contributed by atoms with Crippen LogP contribution in [0.3, 0.4) is 0 Å². The zero-order valence-electron chi connectivity index (χ0n) is 18.8. The second-order valence-electron chi connectivity index (χ2n) is 7.21. The van der Waals surface area contributed by atoms with Crippen LogP contribution in [0.1, 0.15) is 18.1 Å². The zero-order valence-corrected chi connectivity index (χ0v) is 20.3. The monoisotopic (exact) mass is 527 g/mol. The molecule has 0 saturated heterocycles. The van der Waals surface area contributed by atoms with Crippen LogP contribution in [0.4, 0.5) is 11.4 Å². The number of nitriles is 1. The first-order valence-electron chi connectivity index (χ1n) is 10.5. The number of anilines is 1. The molecule has 0 heterocycles. The number of non-ortho nitro benzene ring substituents is 1. The van der Waals surface area contributed by atoms with Gasteiger partial charge in [0.05, 0.1) is 23.3 Å². The van der Waals surface area contributed by atoms with Gasteiger partial charge in [0.1, 0.15) is 24.0 Å². The minimum absolute atomic E-state index is 0.0799. The molecule has 1 amide bonds. The van der Waals surface area contributed by atoms with E-state index in [0.29, 0.717) is 39.3 Å². The summed E-state index contributed by atoms with van der Waals surface area (Å²) in [6, 6.07) is 15.0. The van der Waals surface area contributed by atoms with Gasteiger partial charge < -0.3 is 19.9 Å². The molecular formula is C25H19Cl2N3O6. The highest BCUT2D eigenvalue weighted by atomic mass is 35.5. The Hall–Kier alpha value is -4.26. The van der Waals surface area contributed by atoms with Gasteiger partial charge in [-0.25, -0.2) is 0 Å². The van der Waals surface area contributed by atoms with Crippen molar-refractivity contribution >= 4 is 46.6 Å². The van der Waals surface area contributed by atoms with Crippen LogP contribution in [0.5, 0.6) is 17.2 Å². The first-order valence-corrected chi connectivity index (χ1v) is 11.2. The Kier molecular flexibility index (Phi) is 8.73. The van der Waals surface area contributed by atoms with Gasteiger partial charge in [-0.1, -0.05) is 35.3 Å². The van der Waals surface area contributed by atoms with Crippen LogP contribution in [0.2, 0.25) is 10.0 Å². The SMILES string of the molecule is CCOc1cc(C=C(C#N)C(=O)Nc2ccc([N+](=O)[O-])cc2O)ccc1OCc1c(Cl)cccc1Cl. The summed E-state index contributed by atoms with van der Waals surface area (Å²) in [6.45, 7) is 2.22. The summed E-state index contributed by atoms with van der Waals surface area (Å²) in [4.78, 5) is 22.7. The average Bonchev–Trinajstić information content (AvgIpc) is 2.84. The predicted molar refractivity (Wildman–Crippen MR) is 135 cm³/mol. The molecule has 9 nitrogen and oxygen atoms in total. The highest BCUT2D eigenvalue weighted by molar-refractivity contribution is 6.35. The van der Waals surface area contributed by atoms with E-state index in [1.165, 1.54) is 12.1 Å². The van der Waals surface area contributed by atoms with Gasteiger partial charge in [0, 0.05) is 21.7 Å². The van der Waals surface area contributed by atoms with Crippen molar-refractivity contribution in [3.05, 3.63) is 91.5 Å². The van der Waals surface area contributed by atoms with Crippen molar-refractivity contribution in [3.8, 4) is 23.3 Å². The van der Waals surface area contributed by atoms with E-state index in [1.54, 1.807) is 49.4 Å². The molecule has 3 aromatic rings. The molecule has 0 radical (unpaired) electrons. The molecule has 0 atom stereocenters. The number of carbonyl (C=O) groups excluding carboxylic acids is 1. The molecule has 0 aliphatic heterocycles. The van der Waals surface area contributed by atoms with Gasteiger partial charge >= 0.3 is 0 Å². The van der Waals surface area contributed by atoms with E-state index in [4.69, 9.17) is 32.7 Å². The maximum atomic E-state index is 12.6. The Morgan fingerprint density at radius 1 is 1.14 bits per heavy atom. The zero-order chi connectivity index (χ0) is 26.2. The van der Waals surface area contributed by atoms with Crippen molar-refractivity contribution in [1.29, 1.82) is 5.26 Å². The van der Waals surface area contributed by atoms with E-state index < -0.39 is 16.6 Å². The Morgan fingerprint density at radius 3 is 2.47 bits per heavy atom. The van der Waals surface area contributed by atoms with Crippen LogP contribution >= 0.6 is 23.2 Å². The van der Waals surface area contributed by atoms with E-state index in [1.807, 2.05) is 0 Å². The van der Waals surface area contributed by atoms with Crippen molar-refractivity contribution in [2.45, 2.75) is 13.5 Å². The Labute approximate surface area is 216 Å². The van der Waals surface area contributed by atoms with Crippen molar-refractivity contribution in [2.24, 2.45) is 0 Å². The number of halogens is 2. The topological polar surface area (TPSA) is 135 Å². The number of phenolic OH excluding ortho intramolecular Hbond substituents is 1. The Bertz CT molecular complexity index is 1360. The molecule has 3 aromatic carbocycles. The van der Waals surface area contributed by atoms with E-state index in [9.17, 15) is 25.3 Å². The predicted octanol–water partition coefficient (Wildman–Crippen LogP) is 6.13. The van der Waals surface area contributed by atoms with Gasteiger partial charge in [0.2, 0.25) is 0 Å². The van der Waals surface area contributed by atoms with Crippen LogP contribution in [-0.4, -0.2) is 22.5 Å². The van der Waals surface area contributed by atoms with E-state index in [2.05, 4.69) is 5.32 Å². The molecule has 184 valence electrons. The number of nitrogens with zero attached hydrogens (tertiary/aromatic N) is 2. The average molecular weight is 528 g/mol. The molecule has 0 bridgehead atoms. The Morgan fingerprint density at radius 2 is 1.86 bits per heavy atom. The number of ether oxygens (including phenoxy) is 2. The second kappa shape index (κ2) is 11.9. The van der Waals surface area contributed by atoms with Crippen LogP contribution < -0.4 is 14.8 Å². The number of nitrogens with one attached hydrogen (secondary N) is 1. The number of benzene rings is 3. The maximum absolute atomic E-state index is 12.6. The lowest BCUT2D eigenvalue weighted by atomic mass is 10.1. The second-order valence-corrected chi connectivity index (χ2v) is 8.02. The molecule has 0 spiro atoms. The molecule has 0 fully saturated rings. The summed E-state index contributed by atoms with van der Waals surface area (Å²) in [7, 11) is 0. The van der Waals surface area contributed by atoms with Crippen molar-refractivity contribution in [1.82, 2.24) is 0 Å². The molecule has 3 rings (SSSR count). The van der Waals surface area contributed by atoms with Crippen LogP contribution in [0.25, 0.3) is 6.08 Å². The molecule has 11 heteroatoms. The van der Waals surface area contributed by atoms with Crippen LogP contribution in [-0.2, 0) is 11.4 Å². The summed E-state index contributed by atoms with van der Waals surface area (Å²) in [6.07, 6.45) is 1.33. The summed E-state index contributed by atoms with van der Waals surface area (Å²) >= 11 is 12.4. The molecule has 36 heavy (non-hydrogen) atoms. The fourth-order valence-electron chi connectivity index (χ4n) is 3.07. The smallest absolute Gasteiger partial charge is 0.273 e. The van der Waals surface area contributed by atoms with Gasteiger partial charge in [-0.15, -0.1) is 0 Å². The third kappa shape index (κ3) is 6.44. The van der Waals surface area contributed by atoms with Crippen LogP contribution in [0, 0.1) is 21.4 Å². The van der Waals surface area contributed by atoms with Gasteiger partial charge in [0.15, 0.2) is 11.5 Å². The van der Waals surface area contributed by atoms with Crippen molar-refractivity contribution in [3.63, 3.8) is 0 Å². The fourth-order valence-corrected chi connectivity index (χ4v) is 3.57. The van der Waals surface area contributed by atoms with E-state index in [-0.39, 0.29) is 23.6 Å². The number of hydrogen-bond acceptors (Lipinski definition) is 7. The standard InChI is InChI=1S/C25H19Cl2N3O6/c1-2-35-24-11-15(6-9-23(24)36-14-18-19(26)4-3-5-20(18)27)10-16(13-28)25(32)29-21-8-7-17(30(33)34)12-22(21)31/h3-12,31H,2,14H2,1H3,(H,29,32). The number of phenols is 1. The molecule has 0 saturated carbocycles. The first kappa shape index (κ1) is 26.3. The van der Waals surface area contributed by atoms with Gasteiger partial charge in [-0.05, 0) is 48.9 Å². The summed E-state index contributed by atoms with van der Waals surface area (Å²) < 4.78 is 11.5. The van der Waals surface area contributed by atoms with Gasteiger partial charge in [-0.2, -0.15) is 5.26 Å². The van der Waals surface area contributed by atoms with Crippen molar-refractivity contribution < 1.29 is 24.3 Å². The number of aromatic hydroxyl groups is 1. The highest BCUT2D eigenvalue weighted by Gasteiger charge is 2.16. The lowest BCUT2D eigenvalue weighted by Crippen LogP contribution is -2.13. The number of rotatable bonds is 9. The number of nitro benzene ring substituents is 1. The minimum Gasteiger partial charge on any atom is -0.506 e. The fraction of sp³-hybridized carbons (Fsp3) is 0.120. The summed E-state index contributed by atoms with van der Waals surface area (Å²) in [5, 5.41) is 33.6. The van der Waals surface area contributed by atoms with E-state index in [0.717, 1.165) is 12.1 Å². The molecule has 2 N–H and O–H groups in total. The number of carbonyl (C=O) groups is 1. The largest absolute Gasteiger partial charge is 0.506 e. The summed E-state index contributed by atoms with van der Waals surface area (Å²) in [5.74, 6) is -0.536. The molecule has 0 aliphatic carbocycles. The lowest BCUT2D eigenvalue weighted by Gasteiger charge is -2.14. The first-order chi connectivity index (χ1) is 17.2. The molecular weight excluding hydrogens is 509 g/mol. The highest BCUT2D eigenvalue weighted by Crippen LogP contribution is 2.33. The number of nitro groups is 1. The molecule has 0 aliphatic rings. The maximum Gasteiger partial charge on any atom is 0.273 e. The number of amides is 1. The third-order valence-corrected chi connectivity index (χ3v) is 5.53. The van der Waals surface area contributed by atoms with E-state index >= 15 is 0 Å².